The number of benzene rings is 1. The first-order valence-corrected chi connectivity index (χ1v) is 8.51. The molecule has 0 aromatic heterocycles. The van der Waals surface area contributed by atoms with E-state index in [-0.39, 0.29) is 0 Å². The Bertz CT molecular complexity index is 415. The highest BCUT2D eigenvalue weighted by molar-refractivity contribution is 5.34. The number of para-hydroxylation sites is 1. The Morgan fingerprint density at radius 1 is 1.33 bits per heavy atom. The van der Waals surface area contributed by atoms with Crippen molar-refractivity contribution in [1.29, 1.82) is 0 Å². The molecule has 2 atom stereocenters. The van der Waals surface area contributed by atoms with Gasteiger partial charge in [0.15, 0.2) is 0 Å². The van der Waals surface area contributed by atoms with Crippen molar-refractivity contribution in [3.63, 3.8) is 0 Å². The minimum absolute atomic E-state index is 0.320. The van der Waals surface area contributed by atoms with Gasteiger partial charge in [0.25, 0.3) is 0 Å². The van der Waals surface area contributed by atoms with Gasteiger partial charge in [-0.3, -0.25) is 4.90 Å². The van der Waals surface area contributed by atoms with Crippen LogP contribution >= 0.6 is 0 Å². The Kier molecular flexibility index (Phi) is 6.52. The highest BCUT2D eigenvalue weighted by Crippen LogP contribution is 2.31. The fourth-order valence-corrected chi connectivity index (χ4v) is 3.38. The van der Waals surface area contributed by atoms with E-state index in [1.54, 1.807) is 0 Å². The molecule has 118 valence electrons. The van der Waals surface area contributed by atoms with Crippen LogP contribution in [-0.4, -0.2) is 35.7 Å². The first kappa shape index (κ1) is 16.3. The summed E-state index contributed by atoms with van der Waals surface area (Å²) in [6.07, 6.45) is 6.04. The Morgan fingerprint density at radius 2 is 2.14 bits per heavy atom. The average molecular weight is 290 g/mol. The van der Waals surface area contributed by atoms with Gasteiger partial charge >= 0.3 is 0 Å². The number of hydrogen-bond donors (Lipinski definition) is 2. The quantitative estimate of drug-likeness (QED) is 0.766. The predicted molar refractivity (Wildman–Crippen MR) is 88.6 cm³/mol. The summed E-state index contributed by atoms with van der Waals surface area (Å²) in [7, 11) is 0. The summed E-state index contributed by atoms with van der Waals surface area (Å²) in [5.41, 5.74) is 1.08. The second-order valence-electron chi connectivity index (χ2n) is 6.12. The second-order valence-corrected chi connectivity index (χ2v) is 6.12. The Hall–Kier alpha value is -1.06. The molecule has 1 aliphatic rings. The summed E-state index contributed by atoms with van der Waals surface area (Å²) in [5, 5.41) is 13.8. The molecule has 0 spiro atoms. The third-order valence-corrected chi connectivity index (χ3v) is 4.54. The molecule has 1 fully saturated rings. The molecule has 3 nitrogen and oxygen atoms in total. The molecule has 0 amide bonds. The molecule has 0 aliphatic carbocycles. The minimum atomic E-state index is 0.320. The number of aromatic hydroxyl groups is 1. The lowest BCUT2D eigenvalue weighted by atomic mass is 10.00. The molecule has 1 saturated heterocycles. The van der Waals surface area contributed by atoms with Crippen molar-refractivity contribution in [2.24, 2.45) is 0 Å². The van der Waals surface area contributed by atoms with Crippen LogP contribution in [0.25, 0.3) is 0 Å². The minimum Gasteiger partial charge on any atom is -0.508 e. The smallest absolute Gasteiger partial charge is 0.120 e. The molecule has 2 rings (SSSR count). The molecule has 3 heteroatoms. The zero-order chi connectivity index (χ0) is 15.1. The van der Waals surface area contributed by atoms with E-state index >= 15 is 0 Å². The summed E-state index contributed by atoms with van der Waals surface area (Å²) < 4.78 is 0. The normalized spacial score (nSPS) is 20.0. The van der Waals surface area contributed by atoms with Crippen LogP contribution in [0.5, 0.6) is 5.75 Å². The highest BCUT2D eigenvalue weighted by Gasteiger charge is 2.25. The molecular weight excluding hydrogens is 260 g/mol. The van der Waals surface area contributed by atoms with Crippen LogP contribution in [0.15, 0.2) is 24.3 Å². The van der Waals surface area contributed by atoms with Crippen LogP contribution < -0.4 is 5.32 Å². The van der Waals surface area contributed by atoms with Gasteiger partial charge in [-0.1, -0.05) is 38.5 Å². The molecule has 1 aromatic rings. The third kappa shape index (κ3) is 4.45. The fourth-order valence-electron chi connectivity index (χ4n) is 3.38. The van der Waals surface area contributed by atoms with Crippen LogP contribution in [0.2, 0.25) is 0 Å². The number of nitrogens with one attached hydrogen (secondary N) is 1. The largest absolute Gasteiger partial charge is 0.508 e. The lowest BCUT2D eigenvalue weighted by molar-refractivity contribution is 0.170. The summed E-state index contributed by atoms with van der Waals surface area (Å²) in [5.74, 6) is 0.435. The van der Waals surface area contributed by atoms with Crippen molar-refractivity contribution in [2.75, 3.05) is 19.6 Å². The summed E-state index contributed by atoms with van der Waals surface area (Å²) in [4.78, 5) is 2.57. The zero-order valence-corrected chi connectivity index (χ0v) is 13.5. The van der Waals surface area contributed by atoms with E-state index in [4.69, 9.17) is 0 Å². The number of unbranched alkanes of at least 4 members (excludes halogenated alkanes) is 1. The number of phenols is 1. The van der Waals surface area contributed by atoms with Gasteiger partial charge in [-0.05, 0) is 44.8 Å². The molecule has 2 N–H and O–H groups in total. The maximum atomic E-state index is 10.2. The Balaban J connectivity index is 2.13. The summed E-state index contributed by atoms with van der Waals surface area (Å²) in [6.45, 7) is 7.82. The number of phenolic OH excluding ortho intramolecular Hbond substituents is 1. The maximum Gasteiger partial charge on any atom is 0.120 e. The van der Waals surface area contributed by atoms with E-state index in [1.807, 2.05) is 18.2 Å². The summed E-state index contributed by atoms with van der Waals surface area (Å²) in [6, 6.07) is 8.75. The monoisotopic (exact) mass is 290 g/mol. The SMILES string of the molecule is CCCCN(CC1CCCN1)C(CC)c1ccccc1O. The molecule has 0 saturated carbocycles. The van der Waals surface area contributed by atoms with E-state index < -0.39 is 0 Å². The number of nitrogens with zero attached hydrogens (tertiary/aromatic N) is 1. The standard InChI is InChI=1S/C18H30N2O/c1-3-5-13-20(14-15-9-8-12-19-15)17(4-2)16-10-6-7-11-18(16)21/h6-7,10-11,15,17,19,21H,3-5,8-9,12-14H2,1-2H3. The molecule has 2 unspecified atom stereocenters. The topological polar surface area (TPSA) is 35.5 Å². The van der Waals surface area contributed by atoms with E-state index in [0.29, 0.717) is 17.8 Å². The lowest BCUT2D eigenvalue weighted by Crippen LogP contribution is -2.40. The Morgan fingerprint density at radius 3 is 2.76 bits per heavy atom. The number of hydrogen-bond acceptors (Lipinski definition) is 3. The average Bonchev–Trinajstić information content (AvgIpc) is 3.00. The van der Waals surface area contributed by atoms with E-state index in [9.17, 15) is 5.11 Å². The molecule has 0 bridgehead atoms. The lowest BCUT2D eigenvalue weighted by Gasteiger charge is -2.34. The van der Waals surface area contributed by atoms with Gasteiger partial charge in [0.2, 0.25) is 0 Å². The van der Waals surface area contributed by atoms with Crippen molar-refractivity contribution in [3.8, 4) is 5.75 Å². The van der Waals surface area contributed by atoms with Gasteiger partial charge in [0, 0.05) is 24.2 Å². The number of rotatable bonds is 8. The van der Waals surface area contributed by atoms with Crippen LogP contribution in [0.3, 0.4) is 0 Å². The van der Waals surface area contributed by atoms with Crippen molar-refractivity contribution in [1.82, 2.24) is 10.2 Å². The van der Waals surface area contributed by atoms with Crippen molar-refractivity contribution in [2.45, 2.75) is 58.0 Å². The maximum absolute atomic E-state index is 10.2. The molecule has 1 heterocycles. The van der Waals surface area contributed by atoms with Crippen LogP contribution in [0.1, 0.15) is 57.6 Å². The third-order valence-electron chi connectivity index (χ3n) is 4.54. The van der Waals surface area contributed by atoms with E-state index in [0.717, 1.165) is 31.6 Å². The predicted octanol–water partition coefficient (Wildman–Crippen LogP) is 3.70. The van der Waals surface area contributed by atoms with E-state index in [1.165, 1.54) is 25.7 Å². The molecule has 1 aromatic carbocycles. The van der Waals surface area contributed by atoms with Crippen LogP contribution in [0.4, 0.5) is 0 Å². The van der Waals surface area contributed by atoms with Gasteiger partial charge in [-0.25, -0.2) is 0 Å². The van der Waals surface area contributed by atoms with Crippen molar-refractivity contribution >= 4 is 0 Å². The van der Waals surface area contributed by atoms with Crippen LogP contribution in [0, 0.1) is 0 Å². The van der Waals surface area contributed by atoms with Crippen LogP contribution in [-0.2, 0) is 0 Å². The Labute approximate surface area is 129 Å². The van der Waals surface area contributed by atoms with Gasteiger partial charge < -0.3 is 10.4 Å². The first-order valence-electron chi connectivity index (χ1n) is 8.51. The molecule has 21 heavy (non-hydrogen) atoms. The van der Waals surface area contributed by atoms with Gasteiger partial charge in [-0.15, -0.1) is 0 Å². The first-order chi connectivity index (χ1) is 10.3. The fraction of sp³-hybridized carbons (Fsp3) is 0.667. The van der Waals surface area contributed by atoms with Gasteiger partial charge in [-0.2, -0.15) is 0 Å². The van der Waals surface area contributed by atoms with E-state index in [2.05, 4.69) is 30.1 Å². The molecule has 0 radical (unpaired) electrons. The molecule has 1 aliphatic heterocycles. The second kappa shape index (κ2) is 8.40. The highest BCUT2D eigenvalue weighted by atomic mass is 16.3. The van der Waals surface area contributed by atoms with Crippen molar-refractivity contribution in [3.05, 3.63) is 29.8 Å². The zero-order valence-electron chi connectivity index (χ0n) is 13.5. The van der Waals surface area contributed by atoms with Crippen molar-refractivity contribution < 1.29 is 5.11 Å². The summed E-state index contributed by atoms with van der Waals surface area (Å²) >= 11 is 0. The van der Waals surface area contributed by atoms with Gasteiger partial charge in [0.05, 0.1) is 0 Å². The van der Waals surface area contributed by atoms with Gasteiger partial charge in [0.1, 0.15) is 5.75 Å². The molecular formula is C18H30N2O.